The number of terminal acetylenes is 1. The van der Waals surface area contributed by atoms with Gasteiger partial charge in [-0.3, -0.25) is 0 Å². The second kappa shape index (κ2) is 6.44. The Bertz CT molecular complexity index is 446. The van der Waals surface area contributed by atoms with Gasteiger partial charge in [0.1, 0.15) is 0 Å². The molecule has 1 aromatic carbocycles. The Morgan fingerprint density at radius 2 is 2.24 bits per heavy atom. The Kier molecular flexibility index (Phi) is 4.89. The van der Waals surface area contributed by atoms with Gasteiger partial charge in [-0.15, -0.1) is 12.3 Å². The molecule has 0 unspecified atom stereocenters. The monoisotopic (exact) mass is 233 g/mol. The second-order valence-electron chi connectivity index (χ2n) is 3.35. The fourth-order valence-electron chi connectivity index (χ4n) is 1.29. The minimum absolute atomic E-state index is 0.444. The zero-order valence-electron chi connectivity index (χ0n) is 9.93. The van der Waals surface area contributed by atoms with Gasteiger partial charge in [0.15, 0.2) is 11.5 Å². The van der Waals surface area contributed by atoms with Gasteiger partial charge in [-0.2, -0.15) is 0 Å². The first-order chi connectivity index (χ1) is 8.22. The van der Waals surface area contributed by atoms with Crippen LogP contribution in [0.3, 0.4) is 0 Å². The summed E-state index contributed by atoms with van der Waals surface area (Å²) in [4.78, 5) is 0. The predicted molar refractivity (Wildman–Crippen MR) is 65.9 cm³/mol. The Morgan fingerprint density at radius 1 is 1.47 bits per heavy atom. The molecular weight excluding hydrogens is 218 g/mol. The summed E-state index contributed by atoms with van der Waals surface area (Å²) in [5.41, 5.74) is 1.28. The molecule has 1 aromatic rings. The van der Waals surface area contributed by atoms with Gasteiger partial charge in [-0.05, 0) is 25.1 Å². The number of hydrogen-bond donors (Lipinski definition) is 1. The van der Waals surface area contributed by atoms with Gasteiger partial charge in [0.25, 0.3) is 0 Å². The van der Waals surface area contributed by atoms with E-state index in [1.807, 2.05) is 0 Å². The Balaban J connectivity index is 2.90. The van der Waals surface area contributed by atoms with E-state index in [1.165, 1.54) is 0 Å². The molecule has 0 saturated carbocycles. The standard InChI is InChI=1S/C13H15NO3/c1-4-5-8-17-12-7-6-11(10(2)14-15)9-13(12)16-3/h1,6-7,9,15H,5,8H2,2-3H3/b14-10+. The minimum Gasteiger partial charge on any atom is -0.493 e. The maximum atomic E-state index is 8.69. The number of nitrogens with zero attached hydrogens (tertiary/aromatic N) is 1. The summed E-state index contributed by atoms with van der Waals surface area (Å²) >= 11 is 0. The molecule has 0 aliphatic heterocycles. The summed E-state index contributed by atoms with van der Waals surface area (Å²) in [5, 5.41) is 11.8. The van der Waals surface area contributed by atoms with Gasteiger partial charge < -0.3 is 14.7 Å². The molecule has 0 bridgehead atoms. The van der Waals surface area contributed by atoms with Crippen molar-refractivity contribution in [3.05, 3.63) is 23.8 Å². The molecule has 0 radical (unpaired) electrons. The van der Waals surface area contributed by atoms with Crippen LogP contribution >= 0.6 is 0 Å². The normalized spacial score (nSPS) is 10.8. The quantitative estimate of drug-likeness (QED) is 0.279. The highest BCUT2D eigenvalue weighted by Crippen LogP contribution is 2.28. The lowest BCUT2D eigenvalue weighted by atomic mass is 10.1. The van der Waals surface area contributed by atoms with Gasteiger partial charge in [-0.25, -0.2) is 0 Å². The van der Waals surface area contributed by atoms with E-state index >= 15 is 0 Å². The van der Waals surface area contributed by atoms with Gasteiger partial charge in [-0.1, -0.05) is 5.16 Å². The molecular formula is C13H15NO3. The van der Waals surface area contributed by atoms with Crippen molar-refractivity contribution < 1.29 is 14.7 Å². The van der Waals surface area contributed by atoms with Crippen molar-refractivity contribution in [1.82, 2.24) is 0 Å². The molecule has 0 aliphatic carbocycles. The summed E-state index contributed by atoms with van der Waals surface area (Å²) in [6.45, 7) is 2.15. The van der Waals surface area contributed by atoms with Crippen LogP contribution in [0.4, 0.5) is 0 Å². The first-order valence-electron chi connectivity index (χ1n) is 5.16. The Hall–Kier alpha value is -2.15. The Labute approximate surface area is 101 Å². The highest BCUT2D eigenvalue weighted by molar-refractivity contribution is 5.98. The lowest BCUT2D eigenvalue weighted by Gasteiger charge is -2.11. The van der Waals surface area contributed by atoms with Crippen molar-refractivity contribution in [3.8, 4) is 23.8 Å². The van der Waals surface area contributed by atoms with E-state index in [0.717, 1.165) is 5.56 Å². The molecule has 0 saturated heterocycles. The Morgan fingerprint density at radius 3 is 2.82 bits per heavy atom. The average molecular weight is 233 g/mol. The molecule has 0 atom stereocenters. The smallest absolute Gasteiger partial charge is 0.161 e. The van der Waals surface area contributed by atoms with E-state index in [-0.39, 0.29) is 0 Å². The molecule has 90 valence electrons. The number of hydrogen-bond acceptors (Lipinski definition) is 4. The third-order valence-corrected chi connectivity index (χ3v) is 2.24. The fourth-order valence-corrected chi connectivity index (χ4v) is 1.29. The predicted octanol–water partition coefficient (Wildman–Crippen LogP) is 2.30. The van der Waals surface area contributed by atoms with E-state index in [2.05, 4.69) is 11.1 Å². The van der Waals surface area contributed by atoms with Crippen LogP contribution in [-0.2, 0) is 0 Å². The van der Waals surface area contributed by atoms with Crippen LogP contribution in [-0.4, -0.2) is 24.6 Å². The van der Waals surface area contributed by atoms with Crippen molar-refractivity contribution in [2.75, 3.05) is 13.7 Å². The highest BCUT2D eigenvalue weighted by atomic mass is 16.5. The summed E-state index contributed by atoms with van der Waals surface area (Å²) in [6.07, 6.45) is 5.68. The minimum atomic E-state index is 0.444. The number of rotatable bonds is 5. The SMILES string of the molecule is C#CCCOc1ccc(/C(C)=N/O)cc1OC. The van der Waals surface area contributed by atoms with Crippen molar-refractivity contribution in [2.45, 2.75) is 13.3 Å². The number of ether oxygens (including phenoxy) is 2. The molecule has 0 heterocycles. The zero-order chi connectivity index (χ0) is 12.7. The third-order valence-electron chi connectivity index (χ3n) is 2.24. The lowest BCUT2D eigenvalue weighted by Crippen LogP contribution is -2.01. The average Bonchev–Trinajstić information content (AvgIpc) is 2.38. The van der Waals surface area contributed by atoms with Crippen LogP contribution in [0.1, 0.15) is 18.9 Å². The summed E-state index contributed by atoms with van der Waals surface area (Å²) in [5.74, 6) is 3.70. The van der Waals surface area contributed by atoms with Crippen molar-refractivity contribution in [1.29, 1.82) is 0 Å². The molecule has 0 amide bonds. The summed E-state index contributed by atoms with van der Waals surface area (Å²) < 4.78 is 10.7. The number of methoxy groups -OCH3 is 1. The molecule has 1 rings (SSSR count). The molecule has 0 aromatic heterocycles. The molecule has 4 heteroatoms. The zero-order valence-corrected chi connectivity index (χ0v) is 9.93. The molecule has 17 heavy (non-hydrogen) atoms. The van der Waals surface area contributed by atoms with Crippen LogP contribution in [0.5, 0.6) is 11.5 Å². The first-order valence-corrected chi connectivity index (χ1v) is 5.16. The molecule has 1 N–H and O–H groups in total. The third kappa shape index (κ3) is 3.42. The molecule has 0 fully saturated rings. The first kappa shape index (κ1) is 12.9. The van der Waals surface area contributed by atoms with Crippen LogP contribution in [0, 0.1) is 12.3 Å². The van der Waals surface area contributed by atoms with Crippen LogP contribution in [0.15, 0.2) is 23.4 Å². The summed E-state index contributed by atoms with van der Waals surface area (Å²) in [7, 11) is 1.55. The van der Waals surface area contributed by atoms with Gasteiger partial charge in [0.05, 0.1) is 19.4 Å². The van der Waals surface area contributed by atoms with Crippen LogP contribution in [0.2, 0.25) is 0 Å². The number of benzene rings is 1. The second-order valence-corrected chi connectivity index (χ2v) is 3.35. The van der Waals surface area contributed by atoms with E-state index in [0.29, 0.717) is 30.2 Å². The maximum absolute atomic E-state index is 8.69. The van der Waals surface area contributed by atoms with Crippen molar-refractivity contribution in [3.63, 3.8) is 0 Å². The largest absolute Gasteiger partial charge is 0.493 e. The van der Waals surface area contributed by atoms with E-state index in [1.54, 1.807) is 32.2 Å². The van der Waals surface area contributed by atoms with E-state index in [9.17, 15) is 0 Å². The van der Waals surface area contributed by atoms with E-state index in [4.69, 9.17) is 21.1 Å². The highest BCUT2D eigenvalue weighted by Gasteiger charge is 2.07. The van der Waals surface area contributed by atoms with Gasteiger partial charge in [0, 0.05) is 12.0 Å². The fraction of sp³-hybridized carbons (Fsp3) is 0.308. The molecule has 4 nitrogen and oxygen atoms in total. The summed E-state index contributed by atoms with van der Waals surface area (Å²) in [6, 6.07) is 5.31. The van der Waals surface area contributed by atoms with Crippen LogP contribution in [0.25, 0.3) is 0 Å². The lowest BCUT2D eigenvalue weighted by molar-refractivity contribution is 0.301. The van der Waals surface area contributed by atoms with E-state index < -0.39 is 0 Å². The van der Waals surface area contributed by atoms with Gasteiger partial charge in [0.2, 0.25) is 0 Å². The molecule has 0 spiro atoms. The topological polar surface area (TPSA) is 51.0 Å². The number of oxime groups is 1. The molecule has 0 aliphatic rings. The van der Waals surface area contributed by atoms with Crippen molar-refractivity contribution in [2.24, 2.45) is 5.16 Å². The van der Waals surface area contributed by atoms with Crippen LogP contribution < -0.4 is 9.47 Å². The van der Waals surface area contributed by atoms with Crippen molar-refractivity contribution >= 4 is 5.71 Å². The van der Waals surface area contributed by atoms with Gasteiger partial charge >= 0.3 is 0 Å². The maximum Gasteiger partial charge on any atom is 0.161 e.